The van der Waals surface area contributed by atoms with E-state index in [1.807, 2.05) is 64.2 Å². The Bertz CT molecular complexity index is 90.3. The van der Waals surface area contributed by atoms with Crippen molar-refractivity contribution in [1.29, 1.82) is 0 Å². The third-order valence-electron chi connectivity index (χ3n) is 1.11. The van der Waals surface area contributed by atoms with Gasteiger partial charge in [-0.05, 0) is 64.2 Å². The number of allylic oxidation sites excluding steroid dienone is 2. The van der Waals surface area contributed by atoms with Crippen molar-refractivity contribution >= 4 is 0 Å². The largest absolute Gasteiger partial charge is 4.00 e. The van der Waals surface area contributed by atoms with E-state index in [0.29, 0.717) is 0 Å². The SMILES string of the molecule is [CH-]=CC.[CH-]=CC.[CH]1[CH][CH][CH][CH]1.[CH]1[CH][CH][CH][CH]1.[Ti+4]. The second-order valence-electron chi connectivity index (χ2n) is 2.59. The smallest absolute Gasteiger partial charge is 0.518 e. The standard InChI is InChI=1S/2C5H5.2C3H5.Ti/c2*1-2-4-5-3-1;2*1-3-2;/h2*1-5H;2*1,3H,2H3;/q;;2*-1;+4. The molecule has 0 spiro atoms. The number of hydrogen-bond donors (Lipinski definition) is 0. The fraction of sp³-hybridized carbons (Fsp3) is 0.125. The van der Waals surface area contributed by atoms with Gasteiger partial charge in [0.05, 0.1) is 0 Å². The van der Waals surface area contributed by atoms with E-state index in [2.05, 4.69) is 0 Å². The van der Waals surface area contributed by atoms with E-state index in [-0.39, 0.29) is 21.7 Å². The minimum Gasteiger partial charge on any atom is -0.518 e. The summed E-state index contributed by atoms with van der Waals surface area (Å²) in [4.78, 5) is 0. The number of rotatable bonds is 0. The zero-order chi connectivity index (χ0) is 12.5. The minimum atomic E-state index is 0. The summed E-state index contributed by atoms with van der Waals surface area (Å²) in [6, 6.07) is 0. The molecule has 1 heteroatoms. The summed E-state index contributed by atoms with van der Waals surface area (Å²) in [7, 11) is 0. The predicted molar refractivity (Wildman–Crippen MR) is 72.1 cm³/mol. The van der Waals surface area contributed by atoms with Gasteiger partial charge in [-0.1, -0.05) is 13.8 Å². The molecule has 0 heterocycles. The molecule has 0 atom stereocenters. The van der Waals surface area contributed by atoms with Gasteiger partial charge < -0.3 is 13.2 Å². The van der Waals surface area contributed by atoms with E-state index in [1.54, 1.807) is 13.8 Å². The molecule has 0 aliphatic heterocycles. The van der Waals surface area contributed by atoms with Crippen LogP contribution in [0.2, 0.25) is 0 Å². The molecule has 0 N–H and O–H groups in total. The first-order valence-electron chi connectivity index (χ1n) is 5.15. The van der Waals surface area contributed by atoms with E-state index in [0.717, 1.165) is 0 Å². The van der Waals surface area contributed by atoms with E-state index in [4.69, 9.17) is 13.2 Å². The van der Waals surface area contributed by atoms with Crippen molar-refractivity contribution in [3.63, 3.8) is 0 Å². The first-order chi connectivity index (χ1) is 7.83. The third-order valence-corrected chi connectivity index (χ3v) is 1.11. The monoisotopic (exact) mass is 260 g/mol. The van der Waals surface area contributed by atoms with Crippen molar-refractivity contribution in [2.45, 2.75) is 13.8 Å². The van der Waals surface area contributed by atoms with E-state index in [9.17, 15) is 0 Å². The first-order valence-corrected chi connectivity index (χ1v) is 5.15. The van der Waals surface area contributed by atoms with Crippen LogP contribution < -0.4 is 0 Å². The summed E-state index contributed by atoms with van der Waals surface area (Å²) < 4.78 is 0. The van der Waals surface area contributed by atoms with Gasteiger partial charge in [-0.25, -0.2) is 0 Å². The van der Waals surface area contributed by atoms with Crippen LogP contribution >= 0.6 is 0 Å². The number of hydrogen-bond acceptors (Lipinski definition) is 0. The minimum absolute atomic E-state index is 0. The predicted octanol–water partition coefficient (Wildman–Crippen LogP) is 4.03. The summed E-state index contributed by atoms with van der Waals surface area (Å²) in [6.07, 6.45) is 23.0. The van der Waals surface area contributed by atoms with E-state index >= 15 is 0 Å². The van der Waals surface area contributed by atoms with Crippen LogP contribution in [0.15, 0.2) is 12.2 Å². The van der Waals surface area contributed by atoms with Gasteiger partial charge in [0.2, 0.25) is 0 Å². The van der Waals surface area contributed by atoms with Crippen molar-refractivity contribution in [1.82, 2.24) is 0 Å². The van der Waals surface area contributed by atoms with Crippen molar-refractivity contribution in [3.8, 4) is 0 Å². The van der Waals surface area contributed by atoms with Gasteiger partial charge in [-0.2, -0.15) is 0 Å². The Morgan fingerprint density at radius 1 is 0.529 bits per heavy atom. The Kier molecular flexibility index (Phi) is 33.1. The van der Waals surface area contributed by atoms with Crippen LogP contribution in [-0.4, -0.2) is 0 Å². The maximum absolute atomic E-state index is 4.72. The van der Waals surface area contributed by atoms with Gasteiger partial charge in [-0.15, -0.1) is 0 Å². The molecule has 2 aliphatic rings. The molecule has 2 saturated carbocycles. The van der Waals surface area contributed by atoms with Crippen LogP contribution in [0.5, 0.6) is 0 Å². The van der Waals surface area contributed by atoms with E-state index in [1.165, 1.54) is 12.2 Å². The Balaban J connectivity index is -0.000000157. The Morgan fingerprint density at radius 2 is 0.588 bits per heavy atom. The van der Waals surface area contributed by atoms with Gasteiger partial charge >= 0.3 is 21.7 Å². The van der Waals surface area contributed by atoms with Gasteiger partial charge in [0.15, 0.2) is 0 Å². The van der Waals surface area contributed by atoms with Gasteiger partial charge in [-0.3, -0.25) is 12.2 Å². The zero-order valence-corrected chi connectivity index (χ0v) is 12.1. The summed E-state index contributed by atoms with van der Waals surface area (Å²) in [5.41, 5.74) is 0. The molecule has 0 aromatic rings. The van der Waals surface area contributed by atoms with Gasteiger partial charge in [0.25, 0.3) is 0 Å². The first kappa shape index (κ1) is 22.4. The summed E-state index contributed by atoms with van der Waals surface area (Å²) >= 11 is 0. The quantitative estimate of drug-likeness (QED) is 0.455. The molecule has 2 fully saturated rings. The molecule has 86 valence electrons. The molecular weight excluding hydrogens is 240 g/mol. The molecule has 0 bridgehead atoms. The van der Waals surface area contributed by atoms with Crippen molar-refractivity contribution < 1.29 is 21.7 Å². The van der Waals surface area contributed by atoms with Crippen LogP contribution in [-0.2, 0) is 21.7 Å². The maximum atomic E-state index is 4.72. The molecule has 2 rings (SSSR count). The molecule has 0 saturated heterocycles. The van der Waals surface area contributed by atoms with Crippen molar-refractivity contribution in [2.75, 3.05) is 0 Å². The molecule has 0 aromatic heterocycles. The molecule has 0 aromatic carbocycles. The van der Waals surface area contributed by atoms with Gasteiger partial charge in [0, 0.05) is 0 Å². The normalized spacial score (nSPS) is 15.6. The van der Waals surface area contributed by atoms with Gasteiger partial charge in [0.1, 0.15) is 0 Å². The molecule has 0 amide bonds. The van der Waals surface area contributed by atoms with Crippen LogP contribution in [0.3, 0.4) is 0 Å². The fourth-order valence-corrected chi connectivity index (χ4v) is 0.642. The van der Waals surface area contributed by atoms with Crippen molar-refractivity contribution in [2.24, 2.45) is 0 Å². The van der Waals surface area contributed by atoms with Crippen LogP contribution in [0.1, 0.15) is 13.8 Å². The summed E-state index contributed by atoms with van der Waals surface area (Å²) in [5, 5.41) is 0. The van der Waals surface area contributed by atoms with Crippen LogP contribution in [0, 0.1) is 77.4 Å². The molecule has 10 radical (unpaired) electrons. The average Bonchev–Trinajstić information content (AvgIpc) is 3.00. The van der Waals surface area contributed by atoms with Crippen LogP contribution in [0.25, 0.3) is 0 Å². The second-order valence-corrected chi connectivity index (χ2v) is 2.59. The molecule has 2 aliphatic carbocycles. The average molecular weight is 260 g/mol. The molecule has 0 unspecified atom stereocenters. The maximum Gasteiger partial charge on any atom is 4.00 e. The van der Waals surface area contributed by atoms with Crippen molar-refractivity contribution in [3.05, 3.63) is 89.5 Å². The third kappa shape index (κ3) is 31.4. The topological polar surface area (TPSA) is 0 Å². The Labute approximate surface area is 125 Å². The Morgan fingerprint density at radius 3 is 0.647 bits per heavy atom. The van der Waals surface area contributed by atoms with Crippen LogP contribution in [0.4, 0.5) is 0 Å². The second kappa shape index (κ2) is 25.1. The molecular formula is C16H20Ti+2. The fourth-order valence-electron chi connectivity index (χ4n) is 0.642. The Hall–Kier alpha value is 0.194. The summed E-state index contributed by atoms with van der Waals surface area (Å²) in [6.45, 7) is 13.0. The summed E-state index contributed by atoms with van der Waals surface area (Å²) in [5.74, 6) is 0. The van der Waals surface area contributed by atoms with E-state index < -0.39 is 0 Å². The zero-order valence-electron chi connectivity index (χ0n) is 10.6. The molecule has 17 heavy (non-hydrogen) atoms. The molecule has 0 nitrogen and oxygen atoms in total.